The minimum atomic E-state index is 0.501. The zero-order valence-corrected chi connectivity index (χ0v) is 10.4. The van der Waals surface area contributed by atoms with Crippen molar-refractivity contribution in [2.75, 3.05) is 0 Å². The van der Waals surface area contributed by atoms with Crippen molar-refractivity contribution in [1.82, 2.24) is 9.55 Å². The highest BCUT2D eigenvalue weighted by molar-refractivity contribution is 5.23. The van der Waals surface area contributed by atoms with E-state index in [1.54, 1.807) is 0 Å². The molecule has 0 aliphatic heterocycles. The summed E-state index contributed by atoms with van der Waals surface area (Å²) in [4.78, 5) is 4.22. The normalized spacial score (nSPS) is 11.1. The molecule has 0 aliphatic carbocycles. The second-order valence-corrected chi connectivity index (χ2v) is 4.62. The van der Waals surface area contributed by atoms with Gasteiger partial charge in [0.1, 0.15) is 0 Å². The Morgan fingerprint density at radius 3 is 2.41 bits per heavy atom. The van der Waals surface area contributed by atoms with Gasteiger partial charge < -0.3 is 10.3 Å². The van der Waals surface area contributed by atoms with E-state index < -0.39 is 0 Å². The van der Waals surface area contributed by atoms with E-state index >= 15 is 0 Å². The van der Waals surface area contributed by atoms with Gasteiger partial charge in [0, 0.05) is 25.0 Å². The van der Waals surface area contributed by atoms with Crippen LogP contribution in [0.5, 0.6) is 0 Å². The van der Waals surface area contributed by atoms with Crippen LogP contribution in [0.15, 0.2) is 36.8 Å². The number of rotatable bonds is 4. The van der Waals surface area contributed by atoms with Crippen LogP contribution in [0.1, 0.15) is 36.6 Å². The third-order valence-corrected chi connectivity index (χ3v) is 2.95. The minimum Gasteiger partial charge on any atom is -0.330 e. The summed E-state index contributed by atoms with van der Waals surface area (Å²) in [6, 6.07) is 8.43. The largest absolute Gasteiger partial charge is 0.330 e. The smallest absolute Gasteiger partial charge is 0.0951 e. The molecule has 0 unspecified atom stereocenters. The van der Waals surface area contributed by atoms with Crippen molar-refractivity contribution in [2.45, 2.75) is 32.9 Å². The molecule has 3 nitrogen and oxygen atoms in total. The molecular weight excluding hydrogens is 210 g/mol. The maximum absolute atomic E-state index is 5.58. The Bertz CT molecular complexity index is 468. The lowest BCUT2D eigenvalue weighted by Crippen LogP contribution is -2.05. The van der Waals surface area contributed by atoms with Gasteiger partial charge in [0.2, 0.25) is 0 Å². The molecule has 0 amide bonds. The van der Waals surface area contributed by atoms with Crippen LogP contribution < -0.4 is 5.73 Å². The molecule has 0 radical (unpaired) electrons. The fraction of sp³-hybridized carbons (Fsp3) is 0.357. The second-order valence-electron chi connectivity index (χ2n) is 4.62. The van der Waals surface area contributed by atoms with E-state index in [0.29, 0.717) is 12.5 Å². The lowest BCUT2D eigenvalue weighted by atomic mass is 10.1. The van der Waals surface area contributed by atoms with Gasteiger partial charge in [-0.05, 0) is 17.0 Å². The molecule has 2 N–H and O–H groups in total. The van der Waals surface area contributed by atoms with Gasteiger partial charge >= 0.3 is 0 Å². The van der Waals surface area contributed by atoms with Crippen molar-refractivity contribution in [2.24, 2.45) is 5.73 Å². The quantitative estimate of drug-likeness (QED) is 0.875. The molecule has 0 saturated heterocycles. The van der Waals surface area contributed by atoms with Crippen molar-refractivity contribution in [1.29, 1.82) is 0 Å². The number of aromatic nitrogens is 2. The SMILES string of the molecule is CC(C)c1cncn1Cc1ccc(CN)cc1. The van der Waals surface area contributed by atoms with E-state index in [1.165, 1.54) is 16.8 Å². The summed E-state index contributed by atoms with van der Waals surface area (Å²) in [5, 5.41) is 0. The van der Waals surface area contributed by atoms with E-state index in [2.05, 4.69) is 47.7 Å². The fourth-order valence-corrected chi connectivity index (χ4v) is 1.92. The highest BCUT2D eigenvalue weighted by atomic mass is 15.0. The first-order chi connectivity index (χ1) is 8.20. The van der Waals surface area contributed by atoms with Gasteiger partial charge in [0.15, 0.2) is 0 Å². The Labute approximate surface area is 102 Å². The average molecular weight is 229 g/mol. The Morgan fingerprint density at radius 1 is 1.18 bits per heavy atom. The molecule has 90 valence electrons. The van der Waals surface area contributed by atoms with Crippen LogP contribution in [0.2, 0.25) is 0 Å². The molecule has 0 fully saturated rings. The fourth-order valence-electron chi connectivity index (χ4n) is 1.92. The van der Waals surface area contributed by atoms with Gasteiger partial charge in [-0.2, -0.15) is 0 Å². The molecule has 1 aromatic carbocycles. The summed E-state index contributed by atoms with van der Waals surface area (Å²) < 4.78 is 2.20. The molecule has 0 spiro atoms. The zero-order valence-electron chi connectivity index (χ0n) is 10.4. The van der Waals surface area contributed by atoms with Crippen LogP contribution in [0.25, 0.3) is 0 Å². The lowest BCUT2D eigenvalue weighted by Gasteiger charge is -2.11. The number of hydrogen-bond donors (Lipinski definition) is 1. The first-order valence-electron chi connectivity index (χ1n) is 5.98. The maximum Gasteiger partial charge on any atom is 0.0951 e. The predicted molar refractivity (Wildman–Crippen MR) is 69.8 cm³/mol. The van der Waals surface area contributed by atoms with E-state index in [-0.39, 0.29) is 0 Å². The predicted octanol–water partition coefficient (Wildman–Crippen LogP) is 2.51. The summed E-state index contributed by atoms with van der Waals surface area (Å²) >= 11 is 0. The number of nitrogens with two attached hydrogens (primary N) is 1. The van der Waals surface area contributed by atoms with Crippen LogP contribution in [-0.4, -0.2) is 9.55 Å². The minimum absolute atomic E-state index is 0.501. The van der Waals surface area contributed by atoms with Gasteiger partial charge in [-0.3, -0.25) is 0 Å². The highest BCUT2D eigenvalue weighted by Gasteiger charge is 2.06. The third kappa shape index (κ3) is 2.74. The average Bonchev–Trinajstić information content (AvgIpc) is 2.78. The maximum atomic E-state index is 5.58. The van der Waals surface area contributed by atoms with Gasteiger partial charge in [-0.25, -0.2) is 4.98 Å². The van der Waals surface area contributed by atoms with E-state index in [9.17, 15) is 0 Å². The molecule has 0 saturated carbocycles. The number of imidazole rings is 1. The van der Waals surface area contributed by atoms with Crippen LogP contribution >= 0.6 is 0 Å². The summed E-state index contributed by atoms with van der Waals surface area (Å²) in [6.07, 6.45) is 3.84. The monoisotopic (exact) mass is 229 g/mol. The molecule has 0 bridgehead atoms. The van der Waals surface area contributed by atoms with Gasteiger partial charge in [0.05, 0.1) is 6.33 Å². The molecule has 0 atom stereocenters. The van der Waals surface area contributed by atoms with E-state index in [1.807, 2.05) is 12.5 Å². The first kappa shape index (κ1) is 11.9. The summed E-state index contributed by atoms with van der Waals surface area (Å²) in [7, 11) is 0. The number of nitrogens with zero attached hydrogens (tertiary/aromatic N) is 2. The van der Waals surface area contributed by atoms with Crippen molar-refractivity contribution in [3.63, 3.8) is 0 Å². The van der Waals surface area contributed by atoms with E-state index in [4.69, 9.17) is 5.73 Å². The first-order valence-corrected chi connectivity index (χ1v) is 5.98. The second kappa shape index (κ2) is 5.15. The molecular formula is C14H19N3. The van der Waals surface area contributed by atoms with Gasteiger partial charge in [-0.15, -0.1) is 0 Å². The lowest BCUT2D eigenvalue weighted by molar-refractivity contribution is 0.691. The highest BCUT2D eigenvalue weighted by Crippen LogP contribution is 2.15. The van der Waals surface area contributed by atoms with Crippen molar-refractivity contribution >= 4 is 0 Å². The molecule has 2 rings (SSSR count). The molecule has 1 heterocycles. The standard InChI is InChI=1S/C14H19N3/c1-11(2)14-8-16-10-17(14)9-13-5-3-12(7-15)4-6-13/h3-6,8,10-11H,7,9,15H2,1-2H3. The summed E-state index contributed by atoms with van der Waals surface area (Å²) in [5.41, 5.74) is 9.31. The summed E-state index contributed by atoms with van der Waals surface area (Å²) in [5.74, 6) is 0.501. The zero-order chi connectivity index (χ0) is 12.3. The summed E-state index contributed by atoms with van der Waals surface area (Å²) in [6.45, 7) is 5.84. The van der Waals surface area contributed by atoms with E-state index in [0.717, 1.165) is 6.54 Å². The topological polar surface area (TPSA) is 43.8 Å². The Balaban J connectivity index is 2.16. The third-order valence-electron chi connectivity index (χ3n) is 2.95. The van der Waals surface area contributed by atoms with Crippen molar-refractivity contribution < 1.29 is 0 Å². The van der Waals surface area contributed by atoms with Crippen LogP contribution in [0.3, 0.4) is 0 Å². The molecule has 2 aromatic rings. The van der Waals surface area contributed by atoms with Gasteiger partial charge in [-0.1, -0.05) is 38.1 Å². The Hall–Kier alpha value is -1.61. The van der Waals surface area contributed by atoms with Crippen molar-refractivity contribution in [3.8, 4) is 0 Å². The van der Waals surface area contributed by atoms with Crippen LogP contribution in [-0.2, 0) is 13.1 Å². The van der Waals surface area contributed by atoms with Crippen LogP contribution in [0.4, 0.5) is 0 Å². The molecule has 17 heavy (non-hydrogen) atoms. The van der Waals surface area contributed by atoms with Crippen molar-refractivity contribution in [3.05, 3.63) is 53.6 Å². The molecule has 0 aliphatic rings. The Kier molecular flexibility index (Phi) is 3.59. The number of benzene rings is 1. The Morgan fingerprint density at radius 2 is 1.82 bits per heavy atom. The molecule has 3 heteroatoms. The van der Waals surface area contributed by atoms with Crippen LogP contribution in [0, 0.1) is 0 Å². The van der Waals surface area contributed by atoms with Gasteiger partial charge in [0.25, 0.3) is 0 Å². The molecule has 1 aromatic heterocycles. The number of hydrogen-bond acceptors (Lipinski definition) is 2.